The number of hydrogen-bond donors (Lipinski definition) is 1. The number of carboxylic acid groups (broad SMARTS) is 1. The summed E-state index contributed by atoms with van der Waals surface area (Å²) in [5.74, 6) is -1.06. The second kappa shape index (κ2) is 4.66. The van der Waals surface area contributed by atoms with Crippen LogP contribution in [0.3, 0.4) is 0 Å². The summed E-state index contributed by atoms with van der Waals surface area (Å²) >= 11 is 1.50. The molecule has 8 heteroatoms. The lowest BCUT2D eigenvalue weighted by molar-refractivity contribution is -0.141. The topological polar surface area (TPSA) is 90.0 Å². The zero-order valence-electron chi connectivity index (χ0n) is 11.8. The van der Waals surface area contributed by atoms with Crippen LogP contribution in [0.1, 0.15) is 24.4 Å². The number of hydrogen-bond acceptors (Lipinski definition) is 5. The fraction of sp³-hybridized carbons (Fsp3) is 0.385. The van der Waals surface area contributed by atoms with E-state index in [0.717, 1.165) is 25.4 Å². The highest BCUT2D eigenvalue weighted by Gasteiger charge is 2.23. The third-order valence-corrected chi connectivity index (χ3v) is 4.55. The van der Waals surface area contributed by atoms with E-state index in [2.05, 4.69) is 10.1 Å². The molecular formula is C13H14N4O3S. The zero-order valence-corrected chi connectivity index (χ0v) is 12.6. The molecule has 0 aromatic carbocycles. The average Bonchev–Trinajstić information content (AvgIpc) is 2.91. The maximum atomic E-state index is 12.6. The van der Waals surface area contributed by atoms with E-state index < -0.39 is 17.6 Å². The molecule has 0 saturated carbocycles. The minimum atomic E-state index is -1.06. The summed E-state index contributed by atoms with van der Waals surface area (Å²) < 4.78 is 3.66. The van der Waals surface area contributed by atoms with Gasteiger partial charge in [0.25, 0.3) is 5.56 Å². The van der Waals surface area contributed by atoms with Crippen molar-refractivity contribution in [1.82, 2.24) is 19.3 Å². The first-order valence-electron chi connectivity index (χ1n) is 6.51. The smallest absolute Gasteiger partial charge is 0.328 e. The van der Waals surface area contributed by atoms with Gasteiger partial charge >= 0.3 is 5.97 Å². The van der Waals surface area contributed by atoms with Crippen LogP contribution < -0.4 is 5.56 Å². The van der Waals surface area contributed by atoms with Crippen LogP contribution in [-0.4, -0.2) is 30.4 Å². The molecule has 3 aromatic heterocycles. The van der Waals surface area contributed by atoms with Crippen molar-refractivity contribution in [1.29, 1.82) is 0 Å². The Kier molecular flexibility index (Phi) is 3.05. The second-order valence-electron chi connectivity index (χ2n) is 4.86. The molecule has 0 aliphatic rings. The fourth-order valence-corrected chi connectivity index (χ4v) is 3.51. The van der Waals surface area contributed by atoms with Crippen LogP contribution in [0.15, 0.2) is 11.0 Å². The van der Waals surface area contributed by atoms with Crippen molar-refractivity contribution in [3.63, 3.8) is 0 Å². The lowest BCUT2D eigenvalue weighted by atomic mass is 10.2. The van der Waals surface area contributed by atoms with Gasteiger partial charge in [-0.25, -0.2) is 14.5 Å². The number of aromatic nitrogens is 4. The van der Waals surface area contributed by atoms with E-state index in [9.17, 15) is 14.7 Å². The average molecular weight is 306 g/mol. The summed E-state index contributed by atoms with van der Waals surface area (Å²) in [6.07, 6.45) is 1.85. The SMILES string of the molecule is CCC(C(=O)O)n1ncc2c3sc(C)nc3n(C)c2c1=O. The first-order valence-corrected chi connectivity index (χ1v) is 7.33. The van der Waals surface area contributed by atoms with E-state index in [4.69, 9.17) is 0 Å². The molecule has 0 spiro atoms. The normalized spacial score (nSPS) is 13.1. The van der Waals surface area contributed by atoms with Crippen molar-refractivity contribution >= 4 is 38.6 Å². The van der Waals surface area contributed by atoms with Crippen LogP contribution in [0.4, 0.5) is 0 Å². The lowest BCUT2D eigenvalue weighted by Crippen LogP contribution is -2.32. The summed E-state index contributed by atoms with van der Waals surface area (Å²) in [7, 11) is 1.76. The highest BCUT2D eigenvalue weighted by molar-refractivity contribution is 7.19. The molecule has 0 saturated heterocycles. The summed E-state index contributed by atoms with van der Waals surface area (Å²) in [6, 6.07) is -0.954. The van der Waals surface area contributed by atoms with E-state index in [1.165, 1.54) is 11.3 Å². The molecule has 3 rings (SSSR count). The van der Waals surface area contributed by atoms with Crippen molar-refractivity contribution in [2.75, 3.05) is 0 Å². The Balaban J connectivity index is 2.38. The van der Waals surface area contributed by atoms with Crippen molar-refractivity contribution in [3.8, 4) is 0 Å². The van der Waals surface area contributed by atoms with E-state index in [1.807, 2.05) is 6.92 Å². The minimum Gasteiger partial charge on any atom is -0.480 e. The van der Waals surface area contributed by atoms with Crippen LogP contribution in [0, 0.1) is 6.92 Å². The fourth-order valence-electron chi connectivity index (χ4n) is 2.55. The van der Waals surface area contributed by atoms with Crippen LogP contribution in [0.25, 0.3) is 21.3 Å². The van der Waals surface area contributed by atoms with Crippen LogP contribution >= 0.6 is 11.3 Å². The first kappa shape index (κ1) is 13.7. The quantitative estimate of drug-likeness (QED) is 0.795. The Hall–Kier alpha value is -2.22. The highest BCUT2D eigenvalue weighted by atomic mass is 32.1. The predicted molar refractivity (Wildman–Crippen MR) is 79.9 cm³/mol. The Labute approximate surface area is 123 Å². The van der Waals surface area contributed by atoms with Crippen molar-refractivity contribution < 1.29 is 9.90 Å². The number of aliphatic carboxylic acids is 1. The molecule has 0 bridgehead atoms. The molecular weight excluding hydrogens is 292 g/mol. The van der Waals surface area contributed by atoms with Crippen molar-refractivity contribution in [2.24, 2.45) is 7.05 Å². The van der Waals surface area contributed by atoms with E-state index in [1.54, 1.807) is 24.7 Å². The van der Waals surface area contributed by atoms with Crippen LogP contribution in [-0.2, 0) is 11.8 Å². The highest BCUT2D eigenvalue weighted by Crippen LogP contribution is 2.30. The number of rotatable bonds is 3. The summed E-state index contributed by atoms with van der Waals surface area (Å²) in [6.45, 7) is 3.62. The zero-order chi connectivity index (χ0) is 15.3. The number of thiazole rings is 1. The molecule has 0 radical (unpaired) electrons. The van der Waals surface area contributed by atoms with Gasteiger partial charge in [-0.3, -0.25) is 4.79 Å². The maximum absolute atomic E-state index is 12.6. The molecule has 3 heterocycles. The monoisotopic (exact) mass is 306 g/mol. The predicted octanol–water partition coefficient (Wildman–Crippen LogP) is 1.69. The molecule has 0 aliphatic heterocycles. The van der Waals surface area contributed by atoms with E-state index >= 15 is 0 Å². The Morgan fingerprint density at radius 3 is 2.86 bits per heavy atom. The molecule has 1 N–H and O–H groups in total. The van der Waals surface area contributed by atoms with Gasteiger partial charge in [0.2, 0.25) is 0 Å². The van der Waals surface area contributed by atoms with Crippen LogP contribution in [0.5, 0.6) is 0 Å². The standard InChI is InChI=1S/C13H14N4O3S/c1-4-8(13(19)20)17-12(18)9-7(5-14-17)10-11(16(9)3)15-6(2)21-10/h5,8H,4H2,1-3H3,(H,19,20). The summed E-state index contributed by atoms with van der Waals surface area (Å²) in [4.78, 5) is 28.3. The molecule has 7 nitrogen and oxygen atoms in total. The van der Waals surface area contributed by atoms with E-state index in [-0.39, 0.29) is 0 Å². The minimum absolute atomic E-state index is 0.296. The molecule has 0 amide bonds. The van der Waals surface area contributed by atoms with Gasteiger partial charge in [0.1, 0.15) is 5.52 Å². The summed E-state index contributed by atoms with van der Waals surface area (Å²) in [5.41, 5.74) is 0.776. The van der Waals surface area contributed by atoms with Gasteiger partial charge in [-0.1, -0.05) is 6.92 Å². The molecule has 110 valence electrons. The van der Waals surface area contributed by atoms with Gasteiger partial charge in [0.05, 0.1) is 15.9 Å². The molecule has 21 heavy (non-hydrogen) atoms. The number of aryl methyl sites for hydroxylation is 2. The van der Waals surface area contributed by atoms with Crippen LogP contribution in [0.2, 0.25) is 0 Å². The molecule has 0 fully saturated rings. The Morgan fingerprint density at radius 1 is 1.52 bits per heavy atom. The Bertz CT molecular complexity index is 921. The number of nitrogens with zero attached hydrogens (tertiary/aromatic N) is 4. The second-order valence-corrected chi connectivity index (χ2v) is 6.07. The van der Waals surface area contributed by atoms with E-state index in [0.29, 0.717) is 11.9 Å². The van der Waals surface area contributed by atoms with Gasteiger partial charge in [0, 0.05) is 12.4 Å². The van der Waals surface area contributed by atoms with Crippen molar-refractivity contribution in [2.45, 2.75) is 26.3 Å². The molecule has 3 aromatic rings. The van der Waals surface area contributed by atoms with Gasteiger partial charge < -0.3 is 9.67 Å². The van der Waals surface area contributed by atoms with Gasteiger partial charge in [-0.15, -0.1) is 11.3 Å². The summed E-state index contributed by atoms with van der Waals surface area (Å²) in [5, 5.41) is 14.9. The van der Waals surface area contributed by atoms with Crippen molar-refractivity contribution in [3.05, 3.63) is 21.6 Å². The maximum Gasteiger partial charge on any atom is 0.328 e. The number of carbonyl (C=O) groups is 1. The first-order chi connectivity index (χ1) is 9.95. The lowest BCUT2D eigenvalue weighted by Gasteiger charge is -2.12. The van der Waals surface area contributed by atoms with Gasteiger partial charge in [-0.05, 0) is 13.3 Å². The third kappa shape index (κ3) is 1.86. The number of fused-ring (bicyclic) bond motifs is 3. The third-order valence-electron chi connectivity index (χ3n) is 3.56. The van der Waals surface area contributed by atoms with Gasteiger partial charge in [0.15, 0.2) is 11.7 Å². The molecule has 0 aliphatic carbocycles. The Morgan fingerprint density at radius 2 is 2.24 bits per heavy atom. The van der Waals surface area contributed by atoms with Gasteiger partial charge in [-0.2, -0.15) is 5.10 Å². The molecule has 1 atom stereocenters. The molecule has 1 unspecified atom stereocenters. The largest absolute Gasteiger partial charge is 0.480 e. The number of carboxylic acids is 1.